The SMILES string of the molecule is COC(=O)[C@@]1([SiH3])CC[C@H](O)CN1. The molecule has 0 amide bonds. The average Bonchev–Trinajstić information content (AvgIpc) is 2.09. The van der Waals surface area contributed by atoms with Crippen molar-refractivity contribution in [3.8, 4) is 0 Å². The van der Waals surface area contributed by atoms with Crippen LogP contribution in [0.5, 0.6) is 0 Å². The highest BCUT2D eigenvalue weighted by Gasteiger charge is 2.37. The van der Waals surface area contributed by atoms with E-state index in [0.717, 1.165) is 10.2 Å². The number of β-amino-alcohol motifs (C(OH)–C–C–N with tert-alkyl or cyclic N) is 1. The van der Waals surface area contributed by atoms with Crippen molar-refractivity contribution >= 4 is 16.2 Å². The van der Waals surface area contributed by atoms with Crippen LogP contribution < -0.4 is 5.32 Å². The second-order valence-electron chi connectivity index (χ2n) is 3.40. The number of carbonyl (C=O) groups is 1. The summed E-state index contributed by atoms with van der Waals surface area (Å²) < 4.78 is 4.68. The fourth-order valence-electron chi connectivity index (χ4n) is 1.39. The summed E-state index contributed by atoms with van der Waals surface area (Å²) in [5, 5.41) is 11.8. The van der Waals surface area contributed by atoms with E-state index in [1.165, 1.54) is 7.11 Å². The molecule has 0 aliphatic carbocycles. The molecule has 0 bridgehead atoms. The standard InChI is InChI=1S/C7H15NO3Si/c1-11-6(10)7(12)3-2-5(9)4-8-7/h5,8-9H,2-4H2,1,12H3/t5-,7-/m0/s1. The van der Waals surface area contributed by atoms with E-state index in [9.17, 15) is 9.90 Å². The molecule has 0 unspecified atom stereocenters. The number of ether oxygens (including phenoxy) is 1. The maximum Gasteiger partial charge on any atom is 0.321 e. The summed E-state index contributed by atoms with van der Waals surface area (Å²) in [5.74, 6) is -0.193. The number of hydrogen-bond acceptors (Lipinski definition) is 4. The summed E-state index contributed by atoms with van der Waals surface area (Å²) in [6, 6.07) is 0. The lowest BCUT2D eigenvalue weighted by molar-refractivity contribution is -0.146. The van der Waals surface area contributed by atoms with Gasteiger partial charge in [-0.15, -0.1) is 0 Å². The van der Waals surface area contributed by atoms with Gasteiger partial charge in [0.15, 0.2) is 0 Å². The van der Waals surface area contributed by atoms with Gasteiger partial charge in [0, 0.05) is 16.8 Å². The maximum absolute atomic E-state index is 11.3. The fourth-order valence-corrected chi connectivity index (χ4v) is 2.09. The minimum Gasteiger partial charge on any atom is -0.468 e. The lowest BCUT2D eigenvalue weighted by Gasteiger charge is -2.34. The summed E-state index contributed by atoms with van der Waals surface area (Å²) in [6.07, 6.45) is 1.07. The number of aliphatic hydroxyl groups excluding tert-OH is 1. The Morgan fingerprint density at radius 1 is 1.83 bits per heavy atom. The highest BCUT2D eigenvalue weighted by atomic mass is 28.1. The van der Waals surface area contributed by atoms with Crippen LogP contribution >= 0.6 is 0 Å². The molecule has 0 radical (unpaired) electrons. The molecular weight excluding hydrogens is 174 g/mol. The molecule has 0 saturated carbocycles. The zero-order valence-electron chi connectivity index (χ0n) is 7.46. The van der Waals surface area contributed by atoms with Gasteiger partial charge < -0.3 is 15.2 Å². The maximum atomic E-state index is 11.3. The van der Waals surface area contributed by atoms with Crippen molar-refractivity contribution < 1.29 is 14.6 Å². The van der Waals surface area contributed by atoms with Crippen LogP contribution in [0.15, 0.2) is 0 Å². The summed E-state index contributed by atoms with van der Waals surface area (Å²) in [4.78, 5) is 11.3. The molecule has 1 saturated heterocycles. The molecule has 2 N–H and O–H groups in total. The molecule has 12 heavy (non-hydrogen) atoms. The number of rotatable bonds is 1. The van der Waals surface area contributed by atoms with Gasteiger partial charge in [-0.3, -0.25) is 4.79 Å². The third-order valence-electron chi connectivity index (χ3n) is 2.34. The number of nitrogens with one attached hydrogen (secondary N) is 1. The third-order valence-corrected chi connectivity index (χ3v) is 3.60. The Hall–Kier alpha value is -0.393. The van der Waals surface area contributed by atoms with Gasteiger partial charge in [0.25, 0.3) is 0 Å². The molecule has 0 aromatic rings. The summed E-state index contributed by atoms with van der Waals surface area (Å²) in [7, 11) is 2.12. The first-order valence-electron chi connectivity index (χ1n) is 4.10. The van der Waals surface area contributed by atoms with Crippen molar-refractivity contribution in [1.82, 2.24) is 5.32 Å². The van der Waals surface area contributed by atoms with E-state index in [2.05, 4.69) is 10.1 Å². The Bertz CT molecular complexity index is 177. The van der Waals surface area contributed by atoms with Crippen LogP contribution in [-0.2, 0) is 9.53 Å². The first kappa shape index (κ1) is 9.69. The Morgan fingerprint density at radius 3 is 2.92 bits per heavy atom. The monoisotopic (exact) mass is 189 g/mol. The molecule has 1 aliphatic rings. The molecule has 1 heterocycles. The van der Waals surface area contributed by atoms with Crippen molar-refractivity contribution in [3.63, 3.8) is 0 Å². The van der Waals surface area contributed by atoms with Crippen LogP contribution in [0.2, 0.25) is 0 Å². The minimum atomic E-state index is -0.464. The van der Waals surface area contributed by atoms with Gasteiger partial charge in [0.05, 0.1) is 18.4 Å². The van der Waals surface area contributed by atoms with Gasteiger partial charge in [-0.25, -0.2) is 0 Å². The Kier molecular flexibility index (Phi) is 2.87. The Balaban J connectivity index is 2.55. The lowest BCUT2D eigenvalue weighted by Crippen LogP contribution is -2.58. The molecule has 5 heteroatoms. The van der Waals surface area contributed by atoms with Gasteiger partial charge in [-0.1, -0.05) is 0 Å². The fraction of sp³-hybridized carbons (Fsp3) is 0.857. The minimum absolute atomic E-state index is 0.193. The molecule has 1 rings (SSSR count). The van der Waals surface area contributed by atoms with Crippen LogP contribution in [0, 0.1) is 0 Å². The first-order chi connectivity index (χ1) is 5.58. The van der Waals surface area contributed by atoms with Gasteiger partial charge in [0.1, 0.15) is 0 Å². The second-order valence-corrected chi connectivity index (χ2v) is 5.10. The van der Waals surface area contributed by atoms with Crippen LogP contribution in [0.4, 0.5) is 0 Å². The van der Waals surface area contributed by atoms with Gasteiger partial charge in [0.2, 0.25) is 0 Å². The normalized spacial score (nSPS) is 36.3. The zero-order valence-corrected chi connectivity index (χ0v) is 9.46. The van der Waals surface area contributed by atoms with Gasteiger partial charge in [-0.05, 0) is 12.8 Å². The van der Waals surface area contributed by atoms with Crippen LogP contribution in [-0.4, -0.2) is 46.2 Å². The Labute approximate surface area is 74.7 Å². The topological polar surface area (TPSA) is 58.6 Å². The van der Waals surface area contributed by atoms with Crippen molar-refractivity contribution in [1.29, 1.82) is 0 Å². The second kappa shape index (κ2) is 3.55. The highest BCUT2D eigenvalue weighted by Crippen LogP contribution is 2.17. The lowest BCUT2D eigenvalue weighted by atomic mass is 10.0. The predicted octanol–water partition coefficient (Wildman–Crippen LogP) is -2.03. The molecule has 1 aliphatic heterocycles. The molecule has 0 aromatic carbocycles. The summed E-state index contributed by atoms with van der Waals surface area (Å²) in [6.45, 7) is 0.499. The zero-order chi connectivity index (χ0) is 9.19. The van der Waals surface area contributed by atoms with E-state index in [4.69, 9.17) is 0 Å². The van der Waals surface area contributed by atoms with Gasteiger partial charge >= 0.3 is 5.97 Å². The van der Waals surface area contributed by atoms with Crippen molar-refractivity contribution in [3.05, 3.63) is 0 Å². The van der Waals surface area contributed by atoms with Crippen LogP contribution in [0.3, 0.4) is 0 Å². The number of aliphatic hydroxyl groups is 1. The number of methoxy groups -OCH3 is 1. The predicted molar refractivity (Wildman–Crippen MR) is 47.9 cm³/mol. The average molecular weight is 189 g/mol. The van der Waals surface area contributed by atoms with E-state index in [1.54, 1.807) is 0 Å². The molecule has 4 nitrogen and oxygen atoms in total. The van der Waals surface area contributed by atoms with Crippen molar-refractivity contribution in [2.45, 2.75) is 24.1 Å². The largest absolute Gasteiger partial charge is 0.468 e. The van der Waals surface area contributed by atoms with E-state index in [0.29, 0.717) is 19.4 Å². The number of hydrogen-bond donors (Lipinski definition) is 2. The highest BCUT2D eigenvalue weighted by molar-refractivity contribution is 6.27. The smallest absolute Gasteiger partial charge is 0.321 e. The van der Waals surface area contributed by atoms with Crippen LogP contribution in [0.25, 0.3) is 0 Å². The van der Waals surface area contributed by atoms with Gasteiger partial charge in [-0.2, -0.15) is 0 Å². The molecule has 1 fully saturated rings. The third kappa shape index (κ3) is 1.85. The summed E-state index contributed by atoms with van der Waals surface area (Å²) in [5.41, 5.74) is 0. The number of piperidine rings is 1. The molecule has 2 atom stereocenters. The molecular formula is C7H15NO3Si. The van der Waals surface area contributed by atoms with E-state index >= 15 is 0 Å². The number of carbonyl (C=O) groups excluding carboxylic acids is 1. The summed E-state index contributed by atoms with van der Waals surface area (Å²) >= 11 is 0. The van der Waals surface area contributed by atoms with Crippen LogP contribution in [0.1, 0.15) is 12.8 Å². The van der Waals surface area contributed by atoms with Crippen molar-refractivity contribution in [2.75, 3.05) is 13.7 Å². The molecule has 70 valence electrons. The first-order valence-corrected chi connectivity index (χ1v) is 5.10. The van der Waals surface area contributed by atoms with E-state index < -0.39 is 5.16 Å². The van der Waals surface area contributed by atoms with E-state index in [-0.39, 0.29) is 12.1 Å². The molecule has 0 aromatic heterocycles. The van der Waals surface area contributed by atoms with Crippen molar-refractivity contribution in [2.24, 2.45) is 0 Å². The molecule has 0 spiro atoms. The van der Waals surface area contributed by atoms with E-state index in [1.807, 2.05) is 0 Å². The quantitative estimate of drug-likeness (QED) is 0.369. The number of esters is 1. The Morgan fingerprint density at radius 2 is 2.50 bits per heavy atom.